The second-order valence-corrected chi connectivity index (χ2v) is 8.74. The molecule has 182 valence electrons. The van der Waals surface area contributed by atoms with Crippen molar-refractivity contribution >= 4 is 23.2 Å². The molecule has 2 aromatic rings. The third kappa shape index (κ3) is 7.91. The van der Waals surface area contributed by atoms with Gasteiger partial charge in [-0.3, -0.25) is 0 Å². The highest BCUT2D eigenvalue weighted by molar-refractivity contribution is 6.30. The van der Waals surface area contributed by atoms with Crippen LogP contribution in [0, 0.1) is 0 Å². The average molecular weight is 499 g/mol. The Morgan fingerprint density at radius 3 is 2.09 bits per heavy atom. The lowest BCUT2D eigenvalue weighted by atomic mass is 10.1. The Labute approximate surface area is 205 Å². The van der Waals surface area contributed by atoms with Gasteiger partial charge in [-0.05, 0) is 48.7 Å². The first-order chi connectivity index (χ1) is 16.0. The summed E-state index contributed by atoms with van der Waals surface area (Å²) in [5.41, 5.74) is 1.96. The van der Waals surface area contributed by atoms with Crippen LogP contribution in [0.2, 0.25) is 10.0 Å². The number of rotatable bonds is 13. The molecule has 1 aliphatic heterocycles. The summed E-state index contributed by atoms with van der Waals surface area (Å²) >= 11 is 12.0. The molecule has 1 saturated heterocycles. The molecule has 1 fully saturated rings. The molecule has 0 bridgehead atoms. The Hall–Kier alpha value is -1.22. The van der Waals surface area contributed by atoms with Crippen LogP contribution in [0.15, 0.2) is 48.5 Å². The fraction of sp³-hybridized carbons (Fsp3) is 0.520. The predicted octanol–water partition coefficient (Wildman–Crippen LogP) is 5.01. The summed E-state index contributed by atoms with van der Waals surface area (Å²) in [6, 6.07) is 14.9. The van der Waals surface area contributed by atoms with Gasteiger partial charge < -0.3 is 28.8 Å². The lowest BCUT2D eigenvalue weighted by molar-refractivity contribution is -0.189. The molecule has 1 aliphatic rings. The number of aliphatic hydroxyl groups excluding tert-OH is 1. The van der Waals surface area contributed by atoms with E-state index in [-0.39, 0.29) is 6.61 Å². The Morgan fingerprint density at radius 1 is 0.909 bits per heavy atom. The predicted molar refractivity (Wildman–Crippen MR) is 127 cm³/mol. The van der Waals surface area contributed by atoms with Crippen LogP contribution >= 0.6 is 23.2 Å². The molecule has 1 heterocycles. The Balaban J connectivity index is 1.71. The molecule has 2 aromatic carbocycles. The number of aliphatic hydroxyl groups is 1. The largest absolute Gasteiger partial charge is 0.385 e. The van der Waals surface area contributed by atoms with Crippen molar-refractivity contribution in [2.75, 3.05) is 19.8 Å². The minimum Gasteiger partial charge on any atom is -0.385 e. The molecule has 8 heteroatoms. The third-order valence-electron chi connectivity index (χ3n) is 5.28. The van der Waals surface area contributed by atoms with Crippen LogP contribution in [0.4, 0.5) is 0 Å². The summed E-state index contributed by atoms with van der Waals surface area (Å²) in [6.45, 7) is 5.76. The van der Waals surface area contributed by atoms with Gasteiger partial charge in [0.2, 0.25) is 0 Å². The normalized spacial score (nSPS) is 23.7. The Morgan fingerprint density at radius 2 is 1.52 bits per heavy atom. The Bertz CT molecular complexity index is 817. The number of halogens is 2. The molecule has 0 aromatic heterocycles. The van der Waals surface area contributed by atoms with Crippen molar-refractivity contribution in [3.8, 4) is 0 Å². The third-order valence-corrected chi connectivity index (χ3v) is 5.79. The zero-order valence-corrected chi connectivity index (χ0v) is 20.5. The van der Waals surface area contributed by atoms with Gasteiger partial charge >= 0.3 is 0 Å². The minimum absolute atomic E-state index is 0.248. The smallest absolute Gasteiger partial charge is 0.186 e. The molecule has 6 nitrogen and oxygen atoms in total. The second-order valence-electron chi connectivity index (χ2n) is 7.87. The van der Waals surface area contributed by atoms with Crippen molar-refractivity contribution in [1.82, 2.24) is 0 Å². The van der Waals surface area contributed by atoms with Crippen LogP contribution in [0.1, 0.15) is 31.4 Å². The van der Waals surface area contributed by atoms with E-state index in [2.05, 4.69) is 0 Å². The monoisotopic (exact) mass is 498 g/mol. The summed E-state index contributed by atoms with van der Waals surface area (Å²) in [4.78, 5) is 0. The van der Waals surface area contributed by atoms with E-state index in [0.29, 0.717) is 36.5 Å². The number of ether oxygens (including phenoxy) is 5. The van der Waals surface area contributed by atoms with Gasteiger partial charge in [0.25, 0.3) is 0 Å². The van der Waals surface area contributed by atoms with Crippen LogP contribution in [0.5, 0.6) is 0 Å². The number of benzene rings is 2. The van der Waals surface area contributed by atoms with E-state index in [1.165, 1.54) is 0 Å². The van der Waals surface area contributed by atoms with Crippen LogP contribution in [-0.4, -0.2) is 55.6 Å². The van der Waals surface area contributed by atoms with Gasteiger partial charge in [-0.2, -0.15) is 0 Å². The quantitative estimate of drug-likeness (QED) is 0.418. The maximum atomic E-state index is 10.8. The summed E-state index contributed by atoms with van der Waals surface area (Å²) in [6.07, 6.45) is -2.51. The second kappa shape index (κ2) is 13.6. The molecule has 2 unspecified atom stereocenters. The van der Waals surface area contributed by atoms with Gasteiger partial charge in [0, 0.05) is 23.3 Å². The first kappa shape index (κ1) is 26.4. The van der Waals surface area contributed by atoms with Crippen molar-refractivity contribution < 1.29 is 28.8 Å². The fourth-order valence-electron chi connectivity index (χ4n) is 3.61. The molecule has 0 aliphatic carbocycles. The molecule has 5 atom stereocenters. The van der Waals surface area contributed by atoms with Crippen molar-refractivity contribution in [2.24, 2.45) is 0 Å². The maximum Gasteiger partial charge on any atom is 0.186 e. The van der Waals surface area contributed by atoms with Crippen LogP contribution in [0.25, 0.3) is 0 Å². The molecule has 33 heavy (non-hydrogen) atoms. The van der Waals surface area contributed by atoms with Gasteiger partial charge in [0.05, 0.1) is 19.8 Å². The van der Waals surface area contributed by atoms with Crippen molar-refractivity contribution in [3.05, 3.63) is 69.7 Å². The van der Waals surface area contributed by atoms with E-state index in [0.717, 1.165) is 17.5 Å². The lowest BCUT2D eigenvalue weighted by Gasteiger charge is -2.28. The van der Waals surface area contributed by atoms with E-state index in [1.54, 1.807) is 0 Å². The summed E-state index contributed by atoms with van der Waals surface area (Å²) < 4.78 is 29.8. The minimum atomic E-state index is -0.917. The molecule has 1 N–H and O–H groups in total. The van der Waals surface area contributed by atoms with E-state index in [4.69, 9.17) is 46.9 Å². The van der Waals surface area contributed by atoms with E-state index < -0.39 is 30.7 Å². The zero-order chi connectivity index (χ0) is 23.6. The van der Waals surface area contributed by atoms with Crippen LogP contribution < -0.4 is 0 Å². The number of hydrogen-bond acceptors (Lipinski definition) is 6. The van der Waals surface area contributed by atoms with Gasteiger partial charge in [0.15, 0.2) is 6.29 Å². The number of hydrogen-bond donors (Lipinski definition) is 1. The fourth-order valence-corrected chi connectivity index (χ4v) is 3.86. The molecule has 3 rings (SSSR count). The van der Waals surface area contributed by atoms with Crippen LogP contribution in [0.3, 0.4) is 0 Å². The van der Waals surface area contributed by atoms with E-state index in [9.17, 15) is 5.11 Å². The van der Waals surface area contributed by atoms with E-state index in [1.807, 2.05) is 62.4 Å². The maximum absolute atomic E-state index is 10.8. The van der Waals surface area contributed by atoms with Gasteiger partial charge in [-0.25, -0.2) is 0 Å². The van der Waals surface area contributed by atoms with E-state index >= 15 is 0 Å². The molecular formula is C25H32Cl2O6. The highest BCUT2D eigenvalue weighted by atomic mass is 35.5. The first-order valence-electron chi connectivity index (χ1n) is 11.3. The van der Waals surface area contributed by atoms with Gasteiger partial charge in [-0.1, -0.05) is 54.4 Å². The standard InChI is InChI=1S/C25H32Cl2O6/c1-3-13-31-24-22(28)25(30-4-2)33-23(24)21(32-15-18-7-11-20(27)12-8-18)16-29-14-17-5-9-19(26)10-6-17/h5-12,21-25,28H,3-4,13-16H2,1-2H3/t21?,22-,23-,24-,25?/m1/s1. The summed E-state index contributed by atoms with van der Waals surface area (Å²) in [5.74, 6) is 0. The van der Waals surface area contributed by atoms with Gasteiger partial charge in [-0.15, -0.1) is 0 Å². The van der Waals surface area contributed by atoms with Crippen molar-refractivity contribution in [2.45, 2.75) is 64.2 Å². The Kier molecular flexibility index (Phi) is 10.9. The molecule has 0 amide bonds. The van der Waals surface area contributed by atoms with Gasteiger partial charge in [0.1, 0.15) is 24.4 Å². The summed E-state index contributed by atoms with van der Waals surface area (Å²) in [7, 11) is 0. The van der Waals surface area contributed by atoms with Crippen molar-refractivity contribution in [1.29, 1.82) is 0 Å². The SMILES string of the molecule is CCCO[C@H]1[C@@H](C(COCc2ccc(Cl)cc2)OCc2ccc(Cl)cc2)OC(OCC)[C@@H]1O. The lowest BCUT2D eigenvalue weighted by Crippen LogP contribution is -2.44. The topological polar surface area (TPSA) is 66.4 Å². The highest BCUT2D eigenvalue weighted by Gasteiger charge is 2.49. The molecule has 0 spiro atoms. The first-order valence-corrected chi connectivity index (χ1v) is 12.0. The molecule has 0 radical (unpaired) electrons. The van der Waals surface area contributed by atoms with Crippen LogP contribution in [-0.2, 0) is 36.9 Å². The molecular weight excluding hydrogens is 467 g/mol. The highest BCUT2D eigenvalue weighted by Crippen LogP contribution is 2.29. The average Bonchev–Trinajstić information content (AvgIpc) is 3.12. The molecule has 0 saturated carbocycles. The zero-order valence-electron chi connectivity index (χ0n) is 19.0. The summed E-state index contributed by atoms with van der Waals surface area (Å²) in [5, 5.41) is 12.1. The van der Waals surface area contributed by atoms with Crippen molar-refractivity contribution in [3.63, 3.8) is 0 Å².